The maximum atomic E-state index is 11.5. The van der Waals surface area contributed by atoms with E-state index in [1.165, 1.54) is 0 Å². The number of anilines is 1. The molecule has 1 amide bonds. The summed E-state index contributed by atoms with van der Waals surface area (Å²) in [6, 6.07) is 10.9. The molecule has 0 saturated carbocycles. The number of ether oxygens (including phenoxy) is 1. The lowest BCUT2D eigenvalue weighted by atomic mass is 10.3. The number of hydrogen-bond donors (Lipinski definition) is 3. The van der Waals surface area contributed by atoms with Crippen LogP contribution in [0.4, 0.5) is 19.0 Å². The normalized spacial score (nSPS) is 10.3. The number of aromatic nitrogens is 2. The molecule has 3 N–H and O–H groups in total. The van der Waals surface area contributed by atoms with E-state index in [0.29, 0.717) is 11.6 Å². The SMILES string of the molecule is Cc1cc(NC(=O)COc2ccccc2)n[nH]1.O=C(O)C(F)(F)F. The zero-order valence-corrected chi connectivity index (χ0v) is 12.4. The van der Waals surface area contributed by atoms with E-state index in [1.807, 2.05) is 25.1 Å². The standard InChI is InChI=1S/C12H13N3O2.C2HF3O2/c1-9-7-11(15-14-9)13-12(16)8-17-10-5-3-2-4-6-10;3-2(4,5)1(6)7/h2-7H,8H2,1H3,(H2,13,14,15,16);(H,6,7). The number of carbonyl (C=O) groups excluding carboxylic acids is 1. The Labute approximate surface area is 134 Å². The Bertz CT molecular complexity index is 671. The first kappa shape index (κ1) is 19.0. The van der Waals surface area contributed by atoms with Crippen LogP contribution in [0, 0.1) is 6.92 Å². The Morgan fingerprint density at radius 2 is 1.88 bits per heavy atom. The Morgan fingerprint density at radius 1 is 1.29 bits per heavy atom. The Morgan fingerprint density at radius 3 is 2.33 bits per heavy atom. The van der Waals surface area contributed by atoms with Crippen molar-refractivity contribution >= 4 is 17.7 Å². The largest absolute Gasteiger partial charge is 0.490 e. The number of rotatable bonds is 4. The van der Waals surface area contributed by atoms with Crippen molar-refractivity contribution in [3.05, 3.63) is 42.1 Å². The van der Waals surface area contributed by atoms with Crippen molar-refractivity contribution in [3.8, 4) is 5.75 Å². The maximum Gasteiger partial charge on any atom is 0.490 e. The second kappa shape index (κ2) is 8.56. The highest BCUT2D eigenvalue weighted by Crippen LogP contribution is 2.13. The minimum absolute atomic E-state index is 0.0318. The number of aryl methyl sites for hydroxylation is 1. The number of carbonyl (C=O) groups is 2. The highest BCUT2D eigenvalue weighted by molar-refractivity contribution is 5.90. The maximum absolute atomic E-state index is 11.5. The lowest BCUT2D eigenvalue weighted by molar-refractivity contribution is -0.192. The molecule has 1 aromatic heterocycles. The average Bonchev–Trinajstić information content (AvgIpc) is 2.91. The molecule has 2 rings (SSSR count). The van der Waals surface area contributed by atoms with Crippen LogP contribution in [0.5, 0.6) is 5.75 Å². The van der Waals surface area contributed by atoms with Gasteiger partial charge in [-0.1, -0.05) is 18.2 Å². The van der Waals surface area contributed by atoms with Crippen LogP contribution in [0.15, 0.2) is 36.4 Å². The van der Waals surface area contributed by atoms with E-state index in [9.17, 15) is 18.0 Å². The van der Waals surface area contributed by atoms with Gasteiger partial charge in [-0.05, 0) is 19.1 Å². The zero-order valence-electron chi connectivity index (χ0n) is 12.4. The van der Waals surface area contributed by atoms with Crippen LogP contribution in [-0.4, -0.2) is 40.0 Å². The Kier molecular flexibility index (Phi) is 6.78. The van der Waals surface area contributed by atoms with E-state index in [-0.39, 0.29) is 12.5 Å². The Balaban J connectivity index is 0.000000351. The summed E-state index contributed by atoms with van der Waals surface area (Å²) in [5, 5.41) is 16.4. The fourth-order valence-corrected chi connectivity index (χ4v) is 1.33. The van der Waals surface area contributed by atoms with E-state index in [2.05, 4.69) is 15.5 Å². The number of aliphatic carboxylic acids is 1. The topological polar surface area (TPSA) is 104 Å². The minimum atomic E-state index is -5.08. The molecular formula is C14H14F3N3O4. The lowest BCUT2D eigenvalue weighted by Gasteiger charge is -2.05. The van der Waals surface area contributed by atoms with Crippen molar-refractivity contribution < 1.29 is 32.6 Å². The second-order valence-corrected chi connectivity index (χ2v) is 4.39. The van der Waals surface area contributed by atoms with E-state index in [4.69, 9.17) is 14.6 Å². The number of benzene rings is 1. The van der Waals surface area contributed by atoms with Crippen molar-refractivity contribution in [2.45, 2.75) is 13.1 Å². The average molecular weight is 345 g/mol. The third-order valence-corrected chi connectivity index (χ3v) is 2.33. The first-order valence-electron chi connectivity index (χ1n) is 6.48. The summed E-state index contributed by atoms with van der Waals surface area (Å²) in [4.78, 5) is 20.4. The summed E-state index contributed by atoms with van der Waals surface area (Å²) in [5.41, 5.74) is 0.893. The summed E-state index contributed by atoms with van der Waals surface area (Å²) in [5.74, 6) is -1.82. The number of nitrogens with zero attached hydrogens (tertiary/aromatic N) is 1. The smallest absolute Gasteiger partial charge is 0.484 e. The predicted octanol–water partition coefficient (Wildman–Crippen LogP) is 2.37. The van der Waals surface area contributed by atoms with Crippen LogP contribution in [-0.2, 0) is 9.59 Å². The van der Waals surface area contributed by atoms with Gasteiger partial charge in [0.05, 0.1) is 0 Å². The molecule has 24 heavy (non-hydrogen) atoms. The van der Waals surface area contributed by atoms with Gasteiger partial charge < -0.3 is 15.2 Å². The molecule has 0 radical (unpaired) electrons. The Hall–Kier alpha value is -3.04. The molecule has 0 aliphatic rings. The highest BCUT2D eigenvalue weighted by Gasteiger charge is 2.38. The quantitative estimate of drug-likeness (QED) is 0.789. The van der Waals surface area contributed by atoms with Gasteiger partial charge in [-0.3, -0.25) is 9.89 Å². The number of alkyl halides is 3. The van der Waals surface area contributed by atoms with Gasteiger partial charge in [0.1, 0.15) is 5.75 Å². The monoisotopic (exact) mass is 345 g/mol. The van der Waals surface area contributed by atoms with E-state index >= 15 is 0 Å². The first-order valence-corrected chi connectivity index (χ1v) is 6.48. The van der Waals surface area contributed by atoms with Gasteiger partial charge in [-0.25, -0.2) is 4.79 Å². The minimum Gasteiger partial charge on any atom is -0.484 e. The van der Waals surface area contributed by atoms with Crippen LogP contribution in [0.3, 0.4) is 0 Å². The molecule has 0 spiro atoms. The van der Waals surface area contributed by atoms with Gasteiger partial charge >= 0.3 is 12.1 Å². The van der Waals surface area contributed by atoms with Crippen LogP contribution in [0.2, 0.25) is 0 Å². The summed E-state index contributed by atoms with van der Waals surface area (Å²) in [6.07, 6.45) is -5.08. The predicted molar refractivity (Wildman–Crippen MR) is 77.6 cm³/mol. The number of hydrogen-bond acceptors (Lipinski definition) is 4. The number of aromatic amines is 1. The molecule has 0 unspecified atom stereocenters. The summed E-state index contributed by atoms with van der Waals surface area (Å²) in [7, 11) is 0. The molecule has 0 bridgehead atoms. The van der Waals surface area contributed by atoms with Gasteiger partial charge in [-0.2, -0.15) is 18.3 Å². The van der Waals surface area contributed by atoms with Crippen LogP contribution < -0.4 is 10.1 Å². The van der Waals surface area contributed by atoms with Gasteiger partial charge in [0.15, 0.2) is 12.4 Å². The second-order valence-electron chi connectivity index (χ2n) is 4.39. The van der Waals surface area contributed by atoms with Gasteiger partial charge in [0, 0.05) is 11.8 Å². The van der Waals surface area contributed by atoms with Crippen molar-refractivity contribution in [2.75, 3.05) is 11.9 Å². The van der Waals surface area contributed by atoms with Crippen LogP contribution in [0.25, 0.3) is 0 Å². The molecule has 0 aliphatic carbocycles. The molecule has 2 aromatic rings. The number of para-hydroxylation sites is 1. The molecular weight excluding hydrogens is 331 g/mol. The van der Waals surface area contributed by atoms with Gasteiger partial charge in [0.2, 0.25) is 0 Å². The molecule has 1 aromatic carbocycles. The van der Waals surface area contributed by atoms with Crippen molar-refractivity contribution in [1.82, 2.24) is 10.2 Å². The highest BCUT2D eigenvalue weighted by atomic mass is 19.4. The number of halogens is 3. The molecule has 10 heteroatoms. The number of carboxylic acid groups (broad SMARTS) is 1. The zero-order chi connectivity index (χ0) is 18.2. The summed E-state index contributed by atoms with van der Waals surface area (Å²) < 4.78 is 37.0. The number of nitrogens with one attached hydrogen (secondary N) is 2. The summed E-state index contributed by atoms with van der Waals surface area (Å²) in [6.45, 7) is 1.83. The number of H-pyrrole nitrogens is 1. The first-order chi connectivity index (χ1) is 11.2. The van der Waals surface area contributed by atoms with Crippen molar-refractivity contribution in [2.24, 2.45) is 0 Å². The van der Waals surface area contributed by atoms with Crippen LogP contribution in [0.1, 0.15) is 5.69 Å². The molecule has 7 nitrogen and oxygen atoms in total. The van der Waals surface area contributed by atoms with Gasteiger partial charge in [-0.15, -0.1) is 0 Å². The third-order valence-electron chi connectivity index (χ3n) is 2.33. The summed E-state index contributed by atoms with van der Waals surface area (Å²) >= 11 is 0. The van der Waals surface area contributed by atoms with E-state index < -0.39 is 12.1 Å². The fourth-order valence-electron chi connectivity index (χ4n) is 1.33. The third kappa shape index (κ3) is 7.29. The molecule has 1 heterocycles. The molecule has 0 fully saturated rings. The van der Waals surface area contributed by atoms with Gasteiger partial charge in [0.25, 0.3) is 5.91 Å². The lowest BCUT2D eigenvalue weighted by Crippen LogP contribution is -2.21. The molecule has 0 atom stereocenters. The molecule has 130 valence electrons. The fraction of sp³-hybridized carbons (Fsp3) is 0.214. The van der Waals surface area contributed by atoms with Crippen LogP contribution >= 0.6 is 0 Å². The van der Waals surface area contributed by atoms with Crippen molar-refractivity contribution in [3.63, 3.8) is 0 Å². The van der Waals surface area contributed by atoms with E-state index in [1.54, 1.807) is 18.2 Å². The van der Waals surface area contributed by atoms with E-state index in [0.717, 1.165) is 5.69 Å². The molecule has 0 saturated heterocycles. The number of carboxylic acids is 1. The molecule has 0 aliphatic heterocycles. The number of amides is 1. The van der Waals surface area contributed by atoms with Crippen molar-refractivity contribution in [1.29, 1.82) is 0 Å².